The number of rotatable bonds is 9. The van der Waals surface area contributed by atoms with Crippen LogP contribution in [0.4, 0.5) is 5.69 Å². The second kappa shape index (κ2) is 11.4. The highest BCUT2D eigenvalue weighted by Crippen LogP contribution is 2.49. The Morgan fingerprint density at radius 2 is 1.61 bits per heavy atom. The minimum Gasteiger partial charge on any atom is -0.371 e. The number of halogens is 1. The number of hydrogen-bond acceptors (Lipinski definition) is 5. The first-order valence-corrected chi connectivity index (χ1v) is 15.6. The third-order valence-electron chi connectivity index (χ3n) is 7.17. The summed E-state index contributed by atoms with van der Waals surface area (Å²) >= 11 is 3.63. The second-order valence-electron chi connectivity index (χ2n) is 9.94. The van der Waals surface area contributed by atoms with Crippen LogP contribution in [0.5, 0.6) is 0 Å². The molecular formula is C28H39BrN3O3P. The van der Waals surface area contributed by atoms with Crippen LogP contribution in [0.3, 0.4) is 0 Å². The van der Waals surface area contributed by atoms with Crippen molar-refractivity contribution in [3.63, 3.8) is 0 Å². The Kier molecular flexibility index (Phi) is 8.66. The minimum absolute atomic E-state index is 0.422. The maximum Gasteiger partial charge on any atom is 0.330 e. The van der Waals surface area contributed by atoms with Crippen LogP contribution < -0.4 is 4.90 Å². The van der Waals surface area contributed by atoms with Gasteiger partial charge in [-0.15, -0.1) is 0 Å². The van der Waals surface area contributed by atoms with Gasteiger partial charge in [-0.1, -0.05) is 15.9 Å². The average molecular weight is 577 g/mol. The fourth-order valence-corrected chi connectivity index (χ4v) is 8.07. The number of aryl methyl sites for hydroxylation is 4. The van der Waals surface area contributed by atoms with Crippen LogP contribution in [0.25, 0.3) is 16.7 Å². The van der Waals surface area contributed by atoms with Gasteiger partial charge in [0.25, 0.3) is 0 Å². The van der Waals surface area contributed by atoms with E-state index >= 15 is 0 Å². The number of pyridine rings is 1. The molecule has 36 heavy (non-hydrogen) atoms. The molecule has 0 unspecified atom stereocenters. The third kappa shape index (κ3) is 5.75. The summed E-state index contributed by atoms with van der Waals surface area (Å²) in [7, 11) is -2.97. The number of anilines is 1. The SMILES string of the molecule is CCOP(=O)(CCC1CCN(c2cc(C)nc3c2c(C)cn3-c2c(C)cc(Br)cc2C)CC1)OCC. The maximum absolute atomic E-state index is 12.9. The van der Waals surface area contributed by atoms with Crippen LogP contribution in [-0.4, -0.2) is 42.0 Å². The molecular weight excluding hydrogens is 537 g/mol. The number of piperidine rings is 1. The molecule has 1 saturated heterocycles. The number of aromatic nitrogens is 2. The van der Waals surface area contributed by atoms with Gasteiger partial charge in [0, 0.05) is 40.5 Å². The Bertz CT molecular complexity index is 1250. The summed E-state index contributed by atoms with van der Waals surface area (Å²) in [6.07, 6.45) is 5.77. The molecule has 2 aromatic heterocycles. The van der Waals surface area contributed by atoms with Crippen molar-refractivity contribution in [3.05, 3.63) is 51.3 Å². The second-order valence-corrected chi connectivity index (χ2v) is 13.0. The van der Waals surface area contributed by atoms with Crippen molar-refractivity contribution in [2.45, 2.75) is 60.8 Å². The van der Waals surface area contributed by atoms with Gasteiger partial charge in [0.15, 0.2) is 0 Å². The summed E-state index contributed by atoms with van der Waals surface area (Å²) in [6.45, 7) is 15.1. The highest BCUT2D eigenvalue weighted by Gasteiger charge is 2.28. The van der Waals surface area contributed by atoms with Crippen molar-refractivity contribution >= 4 is 40.2 Å². The fourth-order valence-electron chi connectivity index (χ4n) is 5.58. The van der Waals surface area contributed by atoms with Crippen LogP contribution >= 0.6 is 23.5 Å². The summed E-state index contributed by atoms with van der Waals surface area (Å²) in [6, 6.07) is 6.57. The molecule has 0 bridgehead atoms. The molecule has 196 valence electrons. The largest absolute Gasteiger partial charge is 0.371 e. The zero-order valence-electron chi connectivity index (χ0n) is 22.4. The van der Waals surface area contributed by atoms with E-state index < -0.39 is 7.60 Å². The average Bonchev–Trinajstić information content (AvgIpc) is 3.13. The van der Waals surface area contributed by atoms with Gasteiger partial charge in [0.2, 0.25) is 0 Å². The third-order valence-corrected chi connectivity index (χ3v) is 9.73. The molecule has 1 aliphatic rings. The van der Waals surface area contributed by atoms with Crippen molar-refractivity contribution in [3.8, 4) is 5.69 Å². The Hall–Kier alpha value is -1.66. The van der Waals surface area contributed by atoms with E-state index in [1.54, 1.807) is 0 Å². The van der Waals surface area contributed by atoms with E-state index in [1.165, 1.54) is 33.5 Å². The molecule has 3 heterocycles. The smallest absolute Gasteiger partial charge is 0.330 e. The lowest BCUT2D eigenvalue weighted by Gasteiger charge is -2.34. The molecule has 3 aromatic rings. The van der Waals surface area contributed by atoms with Crippen LogP contribution in [0, 0.1) is 33.6 Å². The highest BCUT2D eigenvalue weighted by atomic mass is 79.9. The summed E-state index contributed by atoms with van der Waals surface area (Å²) in [4.78, 5) is 7.52. The number of nitrogens with zero attached hydrogens (tertiary/aromatic N) is 3. The lowest BCUT2D eigenvalue weighted by molar-refractivity contribution is 0.217. The zero-order chi connectivity index (χ0) is 26.0. The molecule has 0 spiro atoms. The molecule has 0 radical (unpaired) electrons. The van der Waals surface area contributed by atoms with Crippen LogP contribution in [0.15, 0.2) is 28.9 Å². The van der Waals surface area contributed by atoms with Crippen LogP contribution in [-0.2, 0) is 13.6 Å². The van der Waals surface area contributed by atoms with Crippen LogP contribution in [0.2, 0.25) is 0 Å². The topological polar surface area (TPSA) is 56.6 Å². The molecule has 1 fully saturated rings. The predicted molar refractivity (Wildman–Crippen MR) is 153 cm³/mol. The predicted octanol–water partition coefficient (Wildman–Crippen LogP) is 7.89. The van der Waals surface area contributed by atoms with E-state index in [0.717, 1.165) is 48.2 Å². The molecule has 6 nitrogen and oxygen atoms in total. The first kappa shape index (κ1) is 27.4. The first-order chi connectivity index (χ1) is 17.2. The summed E-state index contributed by atoms with van der Waals surface area (Å²) in [5.41, 5.74) is 8.21. The van der Waals surface area contributed by atoms with E-state index in [0.29, 0.717) is 25.3 Å². The van der Waals surface area contributed by atoms with Gasteiger partial charge in [0.05, 0.1) is 25.1 Å². The molecule has 0 amide bonds. The molecule has 1 aromatic carbocycles. The van der Waals surface area contributed by atoms with E-state index in [-0.39, 0.29) is 0 Å². The Labute approximate surface area is 224 Å². The van der Waals surface area contributed by atoms with Gasteiger partial charge in [-0.05, 0) is 102 Å². The fraction of sp³-hybridized carbons (Fsp3) is 0.536. The van der Waals surface area contributed by atoms with Crippen molar-refractivity contribution in [2.24, 2.45) is 5.92 Å². The lowest BCUT2D eigenvalue weighted by atomic mass is 9.93. The Morgan fingerprint density at radius 1 is 1.00 bits per heavy atom. The van der Waals surface area contributed by atoms with Gasteiger partial charge in [-0.3, -0.25) is 4.57 Å². The Morgan fingerprint density at radius 3 is 2.19 bits per heavy atom. The first-order valence-electron chi connectivity index (χ1n) is 13.0. The van der Waals surface area contributed by atoms with Gasteiger partial charge in [-0.2, -0.15) is 0 Å². The van der Waals surface area contributed by atoms with Crippen molar-refractivity contribution < 1.29 is 13.6 Å². The zero-order valence-corrected chi connectivity index (χ0v) is 24.9. The molecule has 0 N–H and O–H groups in total. The number of benzene rings is 1. The van der Waals surface area contributed by atoms with E-state index in [2.05, 4.69) is 77.5 Å². The lowest BCUT2D eigenvalue weighted by Crippen LogP contribution is -2.34. The molecule has 0 aliphatic carbocycles. The van der Waals surface area contributed by atoms with Crippen molar-refractivity contribution in [2.75, 3.05) is 37.4 Å². The van der Waals surface area contributed by atoms with E-state index in [9.17, 15) is 4.57 Å². The van der Waals surface area contributed by atoms with E-state index in [1.807, 2.05) is 13.8 Å². The normalized spacial score (nSPS) is 15.2. The van der Waals surface area contributed by atoms with E-state index in [4.69, 9.17) is 14.0 Å². The molecule has 4 rings (SSSR count). The summed E-state index contributed by atoms with van der Waals surface area (Å²) < 4.78 is 27.2. The van der Waals surface area contributed by atoms with Gasteiger partial charge < -0.3 is 18.5 Å². The van der Waals surface area contributed by atoms with Gasteiger partial charge in [-0.25, -0.2) is 4.98 Å². The summed E-state index contributed by atoms with van der Waals surface area (Å²) in [5, 5.41) is 1.23. The van der Waals surface area contributed by atoms with Gasteiger partial charge in [0.1, 0.15) is 5.65 Å². The van der Waals surface area contributed by atoms with Crippen molar-refractivity contribution in [1.82, 2.24) is 9.55 Å². The maximum atomic E-state index is 12.9. The summed E-state index contributed by atoms with van der Waals surface area (Å²) in [5.74, 6) is 0.535. The number of hydrogen-bond donors (Lipinski definition) is 0. The molecule has 8 heteroatoms. The number of fused-ring (bicyclic) bond motifs is 1. The minimum atomic E-state index is -2.97. The standard InChI is InChI=1S/C28H39BrN3O3P/c1-7-34-36(33,35-8-2)14-11-23-9-12-31(13-10-23)25-17-22(6)30-28-26(25)21(5)18-32(28)27-19(3)15-24(29)16-20(27)4/h15-18,23H,7-14H2,1-6H3. The molecule has 1 aliphatic heterocycles. The monoisotopic (exact) mass is 575 g/mol. The Balaban J connectivity index is 1.57. The quantitative estimate of drug-likeness (QED) is 0.243. The molecule has 0 saturated carbocycles. The van der Waals surface area contributed by atoms with Gasteiger partial charge >= 0.3 is 7.60 Å². The van der Waals surface area contributed by atoms with Crippen LogP contribution in [0.1, 0.15) is 55.5 Å². The highest BCUT2D eigenvalue weighted by molar-refractivity contribution is 9.10. The molecule has 0 atom stereocenters. The van der Waals surface area contributed by atoms with Crippen molar-refractivity contribution in [1.29, 1.82) is 0 Å².